The lowest BCUT2D eigenvalue weighted by molar-refractivity contribution is 0.0722. The summed E-state index contributed by atoms with van der Waals surface area (Å²) >= 11 is 0. The molecule has 12 heteroatoms. The van der Waals surface area contributed by atoms with Gasteiger partial charge in [0.2, 0.25) is 0 Å². The van der Waals surface area contributed by atoms with Gasteiger partial charge in [0.15, 0.2) is 0 Å². The number of aliphatic hydroxyl groups is 1. The monoisotopic (exact) mass is 303 g/mol. The van der Waals surface area contributed by atoms with Gasteiger partial charge in [0.25, 0.3) is 20.2 Å². The molecule has 0 heterocycles. The lowest BCUT2D eigenvalue weighted by Crippen LogP contribution is -2.34. The van der Waals surface area contributed by atoms with Crippen molar-refractivity contribution in [2.24, 2.45) is 5.11 Å². The minimum absolute atomic E-state index is 0.614. The molecular weight excluding hydrogens is 290 g/mol. The molecule has 0 aliphatic rings. The third kappa shape index (κ3) is 9.15. The average molecular weight is 303 g/mol. The van der Waals surface area contributed by atoms with Crippen molar-refractivity contribution in [3.63, 3.8) is 0 Å². The van der Waals surface area contributed by atoms with Crippen molar-refractivity contribution < 1.29 is 30.3 Å². The van der Waals surface area contributed by atoms with E-state index in [1.54, 1.807) is 0 Å². The van der Waals surface area contributed by atoms with Crippen LogP contribution in [0.5, 0.6) is 0 Å². The molecule has 1 N–H and O–H groups in total. The van der Waals surface area contributed by atoms with Gasteiger partial charge >= 0.3 is 0 Å². The van der Waals surface area contributed by atoms with E-state index in [9.17, 15) is 21.9 Å². The van der Waals surface area contributed by atoms with Crippen LogP contribution in [0.2, 0.25) is 0 Å². The first kappa shape index (κ1) is 17.1. The third-order valence-electron chi connectivity index (χ3n) is 1.55. The third-order valence-corrected chi connectivity index (χ3v) is 2.68. The van der Waals surface area contributed by atoms with Gasteiger partial charge in [-0.3, -0.25) is 8.37 Å². The normalized spacial score (nSPS) is 15.7. The second kappa shape index (κ2) is 6.87. The number of azide groups is 1. The topological polar surface area (TPSA) is 156 Å². The van der Waals surface area contributed by atoms with Crippen molar-refractivity contribution in [2.45, 2.75) is 12.1 Å². The summed E-state index contributed by atoms with van der Waals surface area (Å²) < 4.78 is 51.4. The molecule has 0 aromatic rings. The summed E-state index contributed by atoms with van der Waals surface area (Å²) in [6, 6.07) is -1.29. The highest BCUT2D eigenvalue weighted by Gasteiger charge is 2.22. The van der Waals surface area contributed by atoms with E-state index in [1.807, 2.05) is 0 Å². The van der Waals surface area contributed by atoms with Gasteiger partial charge in [-0.2, -0.15) is 16.8 Å². The van der Waals surface area contributed by atoms with Gasteiger partial charge in [0.05, 0.1) is 37.9 Å². The van der Waals surface area contributed by atoms with E-state index in [4.69, 9.17) is 5.53 Å². The van der Waals surface area contributed by atoms with Crippen LogP contribution in [0.4, 0.5) is 0 Å². The van der Waals surface area contributed by atoms with Crippen molar-refractivity contribution in [1.82, 2.24) is 0 Å². The van der Waals surface area contributed by atoms with Crippen LogP contribution in [-0.4, -0.2) is 59.8 Å². The SMILES string of the molecule is CS(=O)(=O)OCC(O)C(COS(C)(=O)=O)N=[N+]=[N-]. The summed E-state index contributed by atoms with van der Waals surface area (Å²) in [6.07, 6.45) is 0.0341. The highest BCUT2D eigenvalue weighted by Crippen LogP contribution is 2.05. The smallest absolute Gasteiger partial charge is 0.264 e. The molecule has 0 spiro atoms. The fraction of sp³-hybridized carbons (Fsp3) is 1.00. The summed E-state index contributed by atoms with van der Waals surface area (Å²) in [5, 5.41) is 12.6. The van der Waals surface area contributed by atoms with E-state index < -0.39 is 45.6 Å². The molecule has 0 aromatic heterocycles. The Morgan fingerprint density at radius 2 is 1.61 bits per heavy atom. The van der Waals surface area contributed by atoms with Gasteiger partial charge < -0.3 is 5.11 Å². The van der Waals surface area contributed by atoms with E-state index in [-0.39, 0.29) is 0 Å². The number of aliphatic hydroxyl groups excluding tert-OH is 1. The Kier molecular flexibility index (Phi) is 6.52. The summed E-state index contributed by atoms with van der Waals surface area (Å²) in [5.41, 5.74) is 8.23. The van der Waals surface area contributed by atoms with Crippen molar-refractivity contribution in [1.29, 1.82) is 0 Å². The minimum atomic E-state index is -3.77. The van der Waals surface area contributed by atoms with Crippen LogP contribution in [-0.2, 0) is 28.6 Å². The highest BCUT2D eigenvalue weighted by molar-refractivity contribution is 7.86. The fourth-order valence-electron chi connectivity index (χ4n) is 0.785. The van der Waals surface area contributed by atoms with Crippen molar-refractivity contribution in [3.05, 3.63) is 10.4 Å². The Bertz CT molecular complexity index is 507. The van der Waals surface area contributed by atoms with Crippen LogP contribution in [0, 0.1) is 0 Å². The molecule has 0 fully saturated rings. The molecule has 0 rings (SSSR count). The molecule has 0 radical (unpaired) electrons. The van der Waals surface area contributed by atoms with Crippen LogP contribution in [0.1, 0.15) is 0 Å². The zero-order chi connectivity index (χ0) is 14.4. The van der Waals surface area contributed by atoms with Gasteiger partial charge in [0.1, 0.15) is 0 Å². The van der Waals surface area contributed by atoms with Crippen molar-refractivity contribution in [2.75, 3.05) is 25.7 Å². The number of hydrogen-bond acceptors (Lipinski definition) is 8. The zero-order valence-corrected chi connectivity index (χ0v) is 11.3. The molecule has 0 aromatic carbocycles. The maximum atomic E-state index is 10.7. The molecule has 0 amide bonds. The second-order valence-corrected chi connectivity index (χ2v) is 6.60. The maximum Gasteiger partial charge on any atom is 0.264 e. The van der Waals surface area contributed by atoms with Gasteiger partial charge in [-0.15, -0.1) is 0 Å². The minimum Gasteiger partial charge on any atom is -0.390 e. The predicted molar refractivity (Wildman–Crippen MR) is 60.5 cm³/mol. The van der Waals surface area contributed by atoms with Crippen LogP contribution in [0.25, 0.3) is 10.4 Å². The van der Waals surface area contributed by atoms with E-state index in [2.05, 4.69) is 18.4 Å². The molecule has 106 valence electrons. The van der Waals surface area contributed by atoms with Crippen molar-refractivity contribution in [3.8, 4) is 0 Å². The van der Waals surface area contributed by atoms with Gasteiger partial charge in [0, 0.05) is 4.91 Å². The average Bonchev–Trinajstić information content (AvgIpc) is 2.18. The lowest BCUT2D eigenvalue weighted by Gasteiger charge is -2.16. The summed E-state index contributed by atoms with van der Waals surface area (Å²) in [5.74, 6) is 0. The molecule has 0 aliphatic carbocycles. The van der Waals surface area contributed by atoms with Crippen LogP contribution < -0.4 is 0 Å². The standard InChI is InChI=1S/C6H13N3O7S2/c1-17(11,12)15-3-5(8-9-7)6(10)4-16-18(2,13)14/h5-6,10H,3-4H2,1-2H3. The lowest BCUT2D eigenvalue weighted by atomic mass is 10.2. The molecule has 0 bridgehead atoms. The number of hydrogen-bond donors (Lipinski definition) is 1. The Morgan fingerprint density at radius 1 is 1.17 bits per heavy atom. The molecule has 0 aliphatic heterocycles. The Balaban J connectivity index is 4.54. The molecule has 0 saturated heterocycles. The molecular formula is C6H13N3O7S2. The molecule has 18 heavy (non-hydrogen) atoms. The summed E-state index contributed by atoms with van der Waals surface area (Å²) in [6.45, 7) is -1.28. The summed E-state index contributed by atoms with van der Waals surface area (Å²) in [7, 11) is -7.53. The molecule has 2 unspecified atom stereocenters. The largest absolute Gasteiger partial charge is 0.390 e. The first-order valence-corrected chi connectivity index (χ1v) is 8.09. The Labute approximate surface area is 104 Å². The fourth-order valence-corrected chi connectivity index (χ4v) is 1.56. The van der Waals surface area contributed by atoms with E-state index in [0.717, 1.165) is 12.5 Å². The quantitative estimate of drug-likeness (QED) is 0.260. The second-order valence-electron chi connectivity index (χ2n) is 3.32. The van der Waals surface area contributed by atoms with Crippen LogP contribution in [0.15, 0.2) is 5.11 Å². The maximum absolute atomic E-state index is 10.7. The Hall–Kier alpha value is -0.910. The van der Waals surface area contributed by atoms with Gasteiger partial charge in [-0.25, -0.2) is 0 Å². The first-order chi connectivity index (χ1) is 8.05. The van der Waals surface area contributed by atoms with Gasteiger partial charge in [-0.1, -0.05) is 5.11 Å². The van der Waals surface area contributed by atoms with Crippen LogP contribution in [0.3, 0.4) is 0 Å². The highest BCUT2D eigenvalue weighted by atomic mass is 32.2. The number of rotatable bonds is 8. The predicted octanol–water partition coefficient (Wildman–Crippen LogP) is -1.02. The van der Waals surface area contributed by atoms with E-state index in [0.29, 0.717) is 0 Å². The van der Waals surface area contributed by atoms with Crippen molar-refractivity contribution >= 4 is 20.2 Å². The zero-order valence-electron chi connectivity index (χ0n) is 9.62. The van der Waals surface area contributed by atoms with Crippen LogP contribution >= 0.6 is 0 Å². The van der Waals surface area contributed by atoms with Gasteiger partial charge in [-0.05, 0) is 5.53 Å². The summed E-state index contributed by atoms with van der Waals surface area (Å²) in [4.78, 5) is 2.39. The first-order valence-electron chi connectivity index (χ1n) is 4.46. The molecule has 2 atom stereocenters. The Morgan fingerprint density at radius 3 is 2.00 bits per heavy atom. The van der Waals surface area contributed by atoms with E-state index in [1.165, 1.54) is 0 Å². The molecule has 0 saturated carbocycles. The number of nitrogens with zero attached hydrogens (tertiary/aromatic N) is 3. The van der Waals surface area contributed by atoms with E-state index >= 15 is 0 Å². The molecule has 10 nitrogen and oxygen atoms in total.